The van der Waals surface area contributed by atoms with Crippen molar-refractivity contribution in [2.45, 2.75) is 31.8 Å². The number of esters is 1. The van der Waals surface area contributed by atoms with Crippen LogP contribution in [0, 0.1) is 5.92 Å². The summed E-state index contributed by atoms with van der Waals surface area (Å²) >= 11 is 0. The average Bonchev–Trinajstić information content (AvgIpc) is 2.16. The van der Waals surface area contributed by atoms with Crippen molar-refractivity contribution in [3.05, 3.63) is 0 Å². The van der Waals surface area contributed by atoms with E-state index in [1.54, 1.807) is 0 Å². The van der Waals surface area contributed by atoms with Gasteiger partial charge < -0.3 is 4.74 Å². The van der Waals surface area contributed by atoms with Gasteiger partial charge in [-0.1, -0.05) is 0 Å². The van der Waals surface area contributed by atoms with E-state index in [-0.39, 0.29) is 23.8 Å². The van der Waals surface area contributed by atoms with Gasteiger partial charge in [0.2, 0.25) is 0 Å². The highest BCUT2D eigenvalue weighted by atomic mass is 16.5. The van der Waals surface area contributed by atoms with Crippen molar-refractivity contribution in [2.75, 3.05) is 0 Å². The van der Waals surface area contributed by atoms with Gasteiger partial charge >= 0.3 is 5.97 Å². The summed E-state index contributed by atoms with van der Waals surface area (Å²) in [6.07, 6.45) is 2.48. The van der Waals surface area contributed by atoms with Gasteiger partial charge in [0.05, 0.1) is 5.92 Å². The minimum atomic E-state index is -0.160. The van der Waals surface area contributed by atoms with E-state index in [1.165, 1.54) is 0 Å². The molecule has 0 N–H and O–H groups in total. The number of hydrogen-bond acceptors (Lipinski definition) is 3. The van der Waals surface area contributed by atoms with Crippen molar-refractivity contribution in [2.24, 2.45) is 5.92 Å². The van der Waals surface area contributed by atoms with Gasteiger partial charge in [0.25, 0.3) is 0 Å². The molecule has 60 valence electrons. The highest BCUT2D eigenvalue weighted by Gasteiger charge is 2.36. The Labute approximate surface area is 64.7 Å². The molecule has 1 aliphatic carbocycles. The maximum atomic E-state index is 11.1. The summed E-state index contributed by atoms with van der Waals surface area (Å²) in [4.78, 5) is 22.1. The van der Waals surface area contributed by atoms with Crippen LogP contribution in [0.2, 0.25) is 0 Å². The SMILES string of the molecule is O=C1C[C@@H]2CC[C@H](C1)C(=O)O2. The van der Waals surface area contributed by atoms with Crippen LogP contribution < -0.4 is 0 Å². The van der Waals surface area contributed by atoms with E-state index in [1.807, 2.05) is 0 Å². The van der Waals surface area contributed by atoms with Crippen LogP contribution in [0.1, 0.15) is 25.7 Å². The van der Waals surface area contributed by atoms with E-state index >= 15 is 0 Å². The fourth-order valence-corrected chi connectivity index (χ4v) is 1.77. The van der Waals surface area contributed by atoms with Crippen molar-refractivity contribution in [3.8, 4) is 0 Å². The molecule has 0 aromatic carbocycles. The lowest BCUT2D eigenvalue weighted by molar-refractivity contribution is -0.158. The highest BCUT2D eigenvalue weighted by Crippen LogP contribution is 2.29. The van der Waals surface area contributed by atoms with E-state index in [2.05, 4.69) is 0 Å². The first-order valence-electron chi connectivity index (χ1n) is 3.98. The molecule has 0 amide bonds. The summed E-state index contributed by atoms with van der Waals surface area (Å²) in [5.41, 5.74) is 0. The Hall–Kier alpha value is -0.860. The summed E-state index contributed by atoms with van der Waals surface area (Å²) in [6, 6.07) is 0. The molecule has 2 heterocycles. The zero-order chi connectivity index (χ0) is 7.84. The summed E-state index contributed by atoms with van der Waals surface area (Å²) in [6.45, 7) is 0. The number of fused-ring (bicyclic) bond motifs is 4. The normalized spacial score (nSPS) is 36.7. The average molecular weight is 154 g/mol. The topological polar surface area (TPSA) is 43.4 Å². The number of ketones is 1. The largest absolute Gasteiger partial charge is 0.462 e. The molecule has 2 bridgehead atoms. The number of rotatable bonds is 0. The number of carbonyl (C=O) groups excluding carboxylic acids is 2. The van der Waals surface area contributed by atoms with Crippen LogP contribution >= 0.6 is 0 Å². The molecule has 0 radical (unpaired) electrons. The predicted octanol–water partition coefficient (Wildman–Crippen LogP) is 0.671. The molecule has 0 aromatic heterocycles. The Kier molecular flexibility index (Phi) is 1.44. The van der Waals surface area contributed by atoms with Crippen LogP contribution in [-0.4, -0.2) is 17.9 Å². The number of carbonyl (C=O) groups is 2. The molecule has 0 aromatic rings. The number of Topliss-reactive ketones (excluding diaryl/α,β-unsaturated/α-hetero) is 1. The van der Waals surface area contributed by atoms with Crippen molar-refractivity contribution in [1.29, 1.82) is 0 Å². The van der Waals surface area contributed by atoms with E-state index in [0.29, 0.717) is 12.8 Å². The van der Waals surface area contributed by atoms with Gasteiger partial charge in [-0.05, 0) is 12.8 Å². The minimum Gasteiger partial charge on any atom is -0.462 e. The maximum Gasteiger partial charge on any atom is 0.309 e. The lowest BCUT2D eigenvalue weighted by Gasteiger charge is -2.21. The van der Waals surface area contributed by atoms with Crippen LogP contribution in [0.3, 0.4) is 0 Å². The van der Waals surface area contributed by atoms with Crippen molar-refractivity contribution >= 4 is 11.8 Å². The quantitative estimate of drug-likeness (QED) is 0.482. The van der Waals surface area contributed by atoms with Crippen LogP contribution in [-0.2, 0) is 14.3 Å². The van der Waals surface area contributed by atoms with Gasteiger partial charge in [0.15, 0.2) is 0 Å². The highest BCUT2D eigenvalue weighted by molar-refractivity contribution is 5.87. The molecular formula is C8H10O3. The second kappa shape index (κ2) is 2.32. The molecule has 3 fully saturated rings. The molecule has 2 saturated heterocycles. The third-order valence-electron chi connectivity index (χ3n) is 2.38. The van der Waals surface area contributed by atoms with E-state index in [0.717, 1.165) is 12.8 Å². The number of ether oxygens (including phenoxy) is 1. The van der Waals surface area contributed by atoms with Crippen LogP contribution in [0.4, 0.5) is 0 Å². The van der Waals surface area contributed by atoms with Crippen LogP contribution in [0.25, 0.3) is 0 Å². The first kappa shape index (κ1) is 6.83. The van der Waals surface area contributed by atoms with Crippen LogP contribution in [0.15, 0.2) is 0 Å². The van der Waals surface area contributed by atoms with Gasteiger partial charge in [0, 0.05) is 12.8 Å². The van der Waals surface area contributed by atoms with Gasteiger partial charge in [-0.2, -0.15) is 0 Å². The summed E-state index contributed by atoms with van der Waals surface area (Å²) < 4.78 is 5.02. The van der Waals surface area contributed by atoms with Gasteiger partial charge in [-0.25, -0.2) is 0 Å². The molecule has 3 heteroatoms. The summed E-state index contributed by atoms with van der Waals surface area (Å²) in [5.74, 6) is -0.100. The Morgan fingerprint density at radius 3 is 2.73 bits per heavy atom. The molecule has 1 saturated carbocycles. The molecule has 3 rings (SSSR count). The zero-order valence-corrected chi connectivity index (χ0v) is 6.21. The van der Waals surface area contributed by atoms with E-state index in [4.69, 9.17) is 4.74 Å². The van der Waals surface area contributed by atoms with Gasteiger partial charge in [-0.15, -0.1) is 0 Å². The molecule has 0 spiro atoms. The molecule has 11 heavy (non-hydrogen) atoms. The fourth-order valence-electron chi connectivity index (χ4n) is 1.77. The lowest BCUT2D eigenvalue weighted by atomic mass is 9.99. The molecule has 3 nitrogen and oxygen atoms in total. The summed E-state index contributed by atoms with van der Waals surface area (Å²) in [7, 11) is 0. The maximum absolute atomic E-state index is 11.1. The molecular weight excluding hydrogens is 144 g/mol. The lowest BCUT2D eigenvalue weighted by Crippen LogP contribution is -2.27. The molecule has 3 aliphatic rings. The standard InChI is InChI=1S/C8H10O3/c9-6-3-5-1-2-7(4-6)11-8(5)10/h5,7H,1-4H2/t5-,7+/m1/s1. The summed E-state index contributed by atoms with van der Waals surface area (Å²) in [5, 5.41) is 0. The second-order valence-electron chi connectivity index (χ2n) is 3.28. The first-order valence-corrected chi connectivity index (χ1v) is 3.98. The van der Waals surface area contributed by atoms with Crippen molar-refractivity contribution in [3.63, 3.8) is 0 Å². The van der Waals surface area contributed by atoms with Crippen molar-refractivity contribution < 1.29 is 14.3 Å². The zero-order valence-electron chi connectivity index (χ0n) is 6.21. The van der Waals surface area contributed by atoms with Gasteiger partial charge in [-0.3, -0.25) is 9.59 Å². The Morgan fingerprint density at radius 2 is 2.00 bits per heavy atom. The number of hydrogen-bond donors (Lipinski definition) is 0. The van der Waals surface area contributed by atoms with Crippen molar-refractivity contribution in [1.82, 2.24) is 0 Å². The Morgan fingerprint density at radius 1 is 1.18 bits per heavy atom. The molecule has 0 unspecified atom stereocenters. The Balaban J connectivity index is 2.22. The third kappa shape index (κ3) is 1.15. The monoisotopic (exact) mass is 154 g/mol. The van der Waals surface area contributed by atoms with E-state index < -0.39 is 0 Å². The van der Waals surface area contributed by atoms with E-state index in [9.17, 15) is 9.59 Å². The first-order chi connectivity index (χ1) is 5.25. The molecule has 2 atom stereocenters. The Bertz CT molecular complexity index is 207. The third-order valence-corrected chi connectivity index (χ3v) is 2.38. The minimum absolute atomic E-state index is 0.103. The molecule has 2 aliphatic heterocycles. The fraction of sp³-hybridized carbons (Fsp3) is 0.750. The van der Waals surface area contributed by atoms with Crippen LogP contribution in [0.5, 0.6) is 0 Å². The second-order valence-corrected chi connectivity index (χ2v) is 3.28. The van der Waals surface area contributed by atoms with Gasteiger partial charge in [0.1, 0.15) is 11.9 Å². The smallest absolute Gasteiger partial charge is 0.309 e. The predicted molar refractivity (Wildman–Crippen MR) is 36.8 cm³/mol.